The first-order valence-corrected chi connectivity index (χ1v) is 7.71. The number of carbonyl (C=O) groups excluding carboxylic acids is 1. The summed E-state index contributed by atoms with van der Waals surface area (Å²) in [5.74, 6) is -0.779. The number of hydrogen-bond acceptors (Lipinski definition) is 3. The number of nitrogens with zero attached hydrogens (tertiary/aromatic N) is 1. The summed E-state index contributed by atoms with van der Waals surface area (Å²) in [6.07, 6.45) is 5.50. The van der Waals surface area contributed by atoms with Gasteiger partial charge in [-0.2, -0.15) is 0 Å². The van der Waals surface area contributed by atoms with Crippen molar-refractivity contribution in [3.05, 3.63) is 51.7 Å². The number of nitrogens with two attached hydrogens (primary N) is 1. The van der Waals surface area contributed by atoms with Gasteiger partial charge in [-0.15, -0.1) is 11.3 Å². The molecule has 3 rings (SSSR count). The van der Waals surface area contributed by atoms with Gasteiger partial charge in [-0.05, 0) is 37.3 Å². The van der Waals surface area contributed by atoms with Gasteiger partial charge >= 0.3 is 0 Å². The van der Waals surface area contributed by atoms with Gasteiger partial charge in [0.25, 0.3) is 5.91 Å². The molecule has 2 aromatic rings. The molecule has 0 bridgehead atoms. The number of thiophene rings is 1. The minimum atomic E-state index is -0.449. The van der Waals surface area contributed by atoms with Crippen molar-refractivity contribution in [1.82, 2.24) is 0 Å². The summed E-state index contributed by atoms with van der Waals surface area (Å²) < 4.78 is 13.6. The first-order valence-electron chi connectivity index (χ1n) is 6.89. The van der Waals surface area contributed by atoms with Crippen molar-refractivity contribution in [2.45, 2.75) is 25.7 Å². The number of hydrogen-bond donors (Lipinski definition) is 1. The number of primary amides is 1. The summed E-state index contributed by atoms with van der Waals surface area (Å²) in [6.45, 7) is 0. The smallest absolute Gasteiger partial charge is 0.252 e. The van der Waals surface area contributed by atoms with Crippen molar-refractivity contribution < 1.29 is 9.18 Å². The van der Waals surface area contributed by atoms with E-state index in [1.165, 1.54) is 28.5 Å². The van der Waals surface area contributed by atoms with Gasteiger partial charge in [0, 0.05) is 16.7 Å². The van der Waals surface area contributed by atoms with Crippen molar-refractivity contribution in [3.8, 4) is 0 Å². The molecule has 0 fully saturated rings. The van der Waals surface area contributed by atoms with Gasteiger partial charge in [-0.3, -0.25) is 4.79 Å². The van der Waals surface area contributed by atoms with Crippen LogP contribution in [0.4, 0.5) is 9.39 Å². The normalized spacial score (nSPS) is 14.3. The van der Waals surface area contributed by atoms with Crippen LogP contribution in [0.2, 0.25) is 0 Å². The lowest BCUT2D eigenvalue weighted by molar-refractivity contribution is 0.100. The number of rotatable bonds is 3. The van der Waals surface area contributed by atoms with E-state index in [9.17, 15) is 9.18 Å². The Labute approximate surface area is 126 Å². The molecule has 108 valence electrons. The molecule has 2 N–H and O–H groups in total. The summed E-state index contributed by atoms with van der Waals surface area (Å²) in [5, 5.41) is 0.595. The zero-order chi connectivity index (χ0) is 14.8. The Bertz CT molecular complexity index is 721. The quantitative estimate of drug-likeness (QED) is 0.865. The fourth-order valence-corrected chi connectivity index (χ4v) is 3.84. The molecule has 0 radical (unpaired) electrons. The largest absolute Gasteiger partial charge is 0.365 e. The zero-order valence-corrected chi connectivity index (χ0v) is 12.3. The van der Waals surface area contributed by atoms with Crippen LogP contribution < -0.4 is 5.73 Å². The molecule has 1 heterocycles. The van der Waals surface area contributed by atoms with Gasteiger partial charge in [-0.1, -0.05) is 18.2 Å². The molecule has 1 amide bonds. The second-order valence-corrected chi connectivity index (χ2v) is 6.12. The Balaban J connectivity index is 2.01. The van der Waals surface area contributed by atoms with Gasteiger partial charge in [0.1, 0.15) is 10.8 Å². The van der Waals surface area contributed by atoms with Crippen LogP contribution in [0.25, 0.3) is 0 Å². The summed E-state index contributed by atoms with van der Waals surface area (Å²) in [4.78, 5) is 17.2. The molecule has 1 aliphatic carbocycles. The Morgan fingerprint density at radius 2 is 2.05 bits per heavy atom. The van der Waals surface area contributed by atoms with Crippen molar-refractivity contribution in [2.24, 2.45) is 10.7 Å². The molecule has 1 aromatic carbocycles. The first-order chi connectivity index (χ1) is 10.2. The molecule has 0 unspecified atom stereocenters. The lowest BCUT2D eigenvalue weighted by Gasteiger charge is -2.10. The van der Waals surface area contributed by atoms with E-state index in [-0.39, 0.29) is 5.82 Å². The summed E-state index contributed by atoms with van der Waals surface area (Å²) >= 11 is 1.49. The minimum absolute atomic E-state index is 0.330. The van der Waals surface area contributed by atoms with Crippen LogP contribution in [-0.4, -0.2) is 12.1 Å². The molecular formula is C16H15FN2OS. The molecule has 0 spiro atoms. The maximum Gasteiger partial charge on any atom is 0.252 e. The third-order valence-corrected chi connectivity index (χ3v) is 4.83. The number of fused-ring (bicyclic) bond motifs is 1. The average Bonchev–Trinajstić information content (AvgIpc) is 2.85. The molecule has 0 saturated heterocycles. The van der Waals surface area contributed by atoms with Crippen LogP contribution in [0.15, 0.2) is 29.3 Å². The lowest BCUT2D eigenvalue weighted by atomic mass is 9.95. The molecular weight excluding hydrogens is 287 g/mol. The van der Waals surface area contributed by atoms with E-state index in [1.54, 1.807) is 18.2 Å². The predicted octanol–water partition coefficient (Wildman–Crippen LogP) is 3.62. The summed E-state index contributed by atoms with van der Waals surface area (Å²) in [7, 11) is 0. The van der Waals surface area contributed by atoms with Crippen molar-refractivity contribution >= 4 is 28.5 Å². The lowest BCUT2D eigenvalue weighted by Crippen LogP contribution is -2.14. The van der Waals surface area contributed by atoms with Gasteiger partial charge in [-0.25, -0.2) is 9.38 Å². The number of halogens is 1. The Kier molecular flexibility index (Phi) is 3.84. The van der Waals surface area contributed by atoms with E-state index in [1.807, 2.05) is 0 Å². The van der Waals surface area contributed by atoms with E-state index >= 15 is 0 Å². The highest BCUT2D eigenvalue weighted by Crippen LogP contribution is 2.39. The highest BCUT2D eigenvalue weighted by molar-refractivity contribution is 7.16. The first kappa shape index (κ1) is 13.9. The van der Waals surface area contributed by atoms with E-state index in [0.29, 0.717) is 16.1 Å². The second-order valence-electron chi connectivity index (χ2n) is 5.04. The second kappa shape index (κ2) is 5.77. The molecule has 3 nitrogen and oxygen atoms in total. The standard InChI is InChI=1S/C16H15FN2OS/c17-12-7-3-1-5-10(12)9-19-16-14(15(18)20)11-6-2-4-8-13(11)21-16/h1,3,5,7,9H,2,4,6,8H2,(H2,18,20). The van der Waals surface area contributed by atoms with E-state index in [0.717, 1.165) is 31.2 Å². The van der Waals surface area contributed by atoms with Crippen LogP contribution in [0.5, 0.6) is 0 Å². The van der Waals surface area contributed by atoms with Crippen LogP contribution in [0.3, 0.4) is 0 Å². The van der Waals surface area contributed by atoms with Crippen LogP contribution in [0, 0.1) is 5.82 Å². The van der Waals surface area contributed by atoms with Crippen molar-refractivity contribution in [3.63, 3.8) is 0 Å². The maximum atomic E-state index is 13.6. The fraction of sp³-hybridized carbons (Fsp3) is 0.250. The molecule has 0 aliphatic heterocycles. The minimum Gasteiger partial charge on any atom is -0.365 e. The predicted molar refractivity (Wildman–Crippen MR) is 83.1 cm³/mol. The molecule has 0 atom stereocenters. The zero-order valence-electron chi connectivity index (χ0n) is 11.4. The SMILES string of the molecule is NC(=O)c1c(N=Cc2ccccc2F)sc2c1CCCC2. The van der Waals surface area contributed by atoms with Gasteiger partial charge < -0.3 is 5.73 Å². The van der Waals surface area contributed by atoms with Gasteiger partial charge in [0.15, 0.2) is 0 Å². The van der Waals surface area contributed by atoms with Gasteiger partial charge in [0.2, 0.25) is 0 Å². The third-order valence-electron chi connectivity index (χ3n) is 3.63. The van der Waals surface area contributed by atoms with Crippen LogP contribution in [-0.2, 0) is 12.8 Å². The molecule has 1 aromatic heterocycles. The highest BCUT2D eigenvalue weighted by atomic mass is 32.1. The number of benzene rings is 1. The van der Waals surface area contributed by atoms with Crippen molar-refractivity contribution in [2.75, 3.05) is 0 Å². The number of amides is 1. The highest BCUT2D eigenvalue weighted by Gasteiger charge is 2.23. The van der Waals surface area contributed by atoms with Crippen LogP contribution >= 0.6 is 11.3 Å². The maximum absolute atomic E-state index is 13.6. The van der Waals surface area contributed by atoms with E-state index in [2.05, 4.69) is 4.99 Å². The molecule has 1 aliphatic rings. The Hall–Kier alpha value is -2.01. The summed E-state index contributed by atoms with van der Waals surface area (Å²) in [6, 6.07) is 6.41. The average molecular weight is 302 g/mol. The third kappa shape index (κ3) is 2.74. The topological polar surface area (TPSA) is 55.5 Å². The van der Waals surface area contributed by atoms with E-state index < -0.39 is 5.91 Å². The monoisotopic (exact) mass is 302 g/mol. The van der Waals surface area contributed by atoms with E-state index in [4.69, 9.17) is 5.73 Å². The van der Waals surface area contributed by atoms with Gasteiger partial charge in [0.05, 0.1) is 5.56 Å². The molecule has 21 heavy (non-hydrogen) atoms. The Morgan fingerprint density at radius 1 is 1.29 bits per heavy atom. The van der Waals surface area contributed by atoms with Crippen LogP contribution in [0.1, 0.15) is 39.2 Å². The number of carbonyl (C=O) groups is 1. The fourth-order valence-electron chi connectivity index (χ4n) is 2.60. The van der Waals surface area contributed by atoms with Crippen molar-refractivity contribution in [1.29, 1.82) is 0 Å². The number of aryl methyl sites for hydroxylation is 1. The molecule has 5 heteroatoms. The summed E-state index contributed by atoms with van der Waals surface area (Å²) in [5.41, 5.74) is 7.46. The molecule has 0 saturated carbocycles. The Morgan fingerprint density at radius 3 is 2.81 bits per heavy atom. The number of aliphatic imine (C=N–C) groups is 1.